The largest absolute Gasteiger partial charge is 0.396 e. The van der Waals surface area contributed by atoms with E-state index in [-0.39, 0.29) is 6.61 Å². The van der Waals surface area contributed by atoms with E-state index < -0.39 is 0 Å². The molecule has 0 amide bonds. The normalized spacial score (nSPS) is 12.8. The third-order valence-electron chi connectivity index (χ3n) is 2.55. The van der Waals surface area contributed by atoms with Gasteiger partial charge in [-0.25, -0.2) is 0 Å². The van der Waals surface area contributed by atoms with Gasteiger partial charge in [0.15, 0.2) is 0 Å². The van der Waals surface area contributed by atoms with Gasteiger partial charge in [-0.15, -0.1) is 0 Å². The summed E-state index contributed by atoms with van der Waals surface area (Å²) in [5.74, 6) is 0.974. The summed E-state index contributed by atoms with van der Waals surface area (Å²) in [5.41, 5.74) is 0. The predicted octanol–water partition coefficient (Wildman–Crippen LogP) is 2.34. The molecule has 0 radical (unpaired) electrons. The number of hydrogen-bond acceptors (Lipinski definition) is 5. The van der Waals surface area contributed by atoms with E-state index >= 15 is 0 Å². The van der Waals surface area contributed by atoms with E-state index in [2.05, 4.69) is 13.8 Å². The molecule has 4 nitrogen and oxygen atoms in total. The smallest absolute Gasteiger partial charge is 0.0701 e. The molecular formula is C14H30O4S. The van der Waals surface area contributed by atoms with Gasteiger partial charge in [0.1, 0.15) is 0 Å². The summed E-state index contributed by atoms with van der Waals surface area (Å²) >= 11 is 1.83. The molecule has 0 saturated heterocycles. The lowest BCUT2D eigenvalue weighted by atomic mass is 10.3. The quantitative estimate of drug-likeness (QED) is 0.470. The molecule has 0 heterocycles. The second-order valence-electron chi connectivity index (χ2n) is 4.38. The lowest BCUT2D eigenvalue weighted by molar-refractivity contribution is 0.0169. The predicted molar refractivity (Wildman–Crippen MR) is 81.0 cm³/mol. The number of aliphatic hydroxyl groups excluding tert-OH is 1. The highest BCUT2D eigenvalue weighted by molar-refractivity contribution is 7.99. The van der Waals surface area contributed by atoms with Crippen LogP contribution in [0.2, 0.25) is 0 Å². The molecule has 0 aromatic heterocycles. The van der Waals surface area contributed by atoms with E-state index in [1.807, 2.05) is 11.8 Å². The number of unbranched alkanes of at least 4 members (excludes halogenated alkanes) is 1. The van der Waals surface area contributed by atoms with Crippen molar-refractivity contribution >= 4 is 11.8 Å². The van der Waals surface area contributed by atoms with Crippen molar-refractivity contribution < 1.29 is 19.3 Å². The van der Waals surface area contributed by atoms with E-state index in [0.29, 0.717) is 31.7 Å². The van der Waals surface area contributed by atoms with Gasteiger partial charge < -0.3 is 19.3 Å². The Kier molecular flexibility index (Phi) is 16.4. The SMILES string of the molecule is CCCCOCCOCCOCCSC(C)CCO. The summed E-state index contributed by atoms with van der Waals surface area (Å²) in [4.78, 5) is 0. The fraction of sp³-hybridized carbons (Fsp3) is 1.00. The van der Waals surface area contributed by atoms with Crippen molar-refractivity contribution in [3.8, 4) is 0 Å². The van der Waals surface area contributed by atoms with Crippen molar-refractivity contribution in [1.82, 2.24) is 0 Å². The average Bonchev–Trinajstić information content (AvgIpc) is 2.40. The van der Waals surface area contributed by atoms with Gasteiger partial charge in [0.05, 0.1) is 33.0 Å². The van der Waals surface area contributed by atoms with Gasteiger partial charge in [-0.1, -0.05) is 20.3 Å². The van der Waals surface area contributed by atoms with Crippen LogP contribution in [0.4, 0.5) is 0 Å². The summed E-state index contributed by atoms with van der Waals surface area (Å²) in [6, 6.07) is 0. The second kappa shape index (κ2) is 16.2. The van der Waals surface area contributed by atoms with Crippen LogP contribution in [0.25, 0.3) is 0 Å². The maximum atomic E-state index is 8.76. The number of ether oxygens (including phenoxy) is 3. The van der Waals surface area contributed by atoms with Gasteiger partial charge in [0.2, 0.25) is 0 Å². The fourth-order valence-corrected chi connectivity index (χ4v) is 2.25. The molecule has 1 unspecified atom stereocenters. The van der Waals surface area contributed by atoms with Crippen LogP contribution >= 0.6 is 11.8 Å². The molecule has 116 valence electrons. The molecule has 5 heteroatoms. The van der Waals surface area contributed by atoms with E-state index in [4.69, 9.17) is 19.3 Å². The number of rotatable bonds is 15. The van der Waals surface area contributed by atoms with Crippen molar-refractivity contribution in [2.75, 3.05) is 52.0 Å². The van der Waals surface area contributed by atoms with Crippen LogP contribution in [0.3, 0.4) is 0 Å². The Hall–Kier alpha value is 0.190. The van der Waals surface area contributed by atoms with Gasteiger partial charge in [-0.3, -0.25) is 0 Å². The molecule has 19 heavy (non-hydrogen) atoms. The zero-order valence-electron chi connectivity index (χ0n) is 12.4. The number of thioether (sulfide) groups is 1. The Labute approximate surface area is 122 Å². The lowest BCUT2D eigenvalue weighted by Gasteiger charge is -2.09. The van der Waals surface area contributed by atoms with Crippen molar-refractivity contribution in [1.29, 1.82) is 0 Å². The summed E-state index contributed by atoms with van der Waals surface area (Å²) in [5, 5.41) is 9.26. The van der Waals surface area contributed by atoms with E-state index in [1.54, 1.807) is 0 Å². The summed E-state index contributed by atoms with van der Waals surface area (Å²) < 4.78 is 16.2. The zero-order valence-corrected chi connectivity index (χ0v) is 13.3. The molecule has 0 aliphatic rings. The average molecular weight is 294 g/mol. The minimum Gasteiger partial charge on any atom is -0.396 e. The number of aliphatic hydroxyl groups is 1. The first kappa shape index (κ1) is 19.2. The van der Waals surface area contributed by atoms with Crippen LogP contribution in [-0.2, 0) is 14.2 Å². The first-order chi connectivity index (χ1) is 9.31. The summed E-state index contributed by atoms with van der Waals surface area (Å²) in [7, 11) is 0. The second-order valence-corrected chi connectivity index (χ2v) is 5.93. The van der Waals surface area contributed by atoms with Crippen LogP contribution in [-0.4, -0.2) is 62.4 Å². The Balaban J connectivity index is 2.99. The van der Waals surface area contributed by atoms with Crippen molar-refractivity contribution in [2.45, 2.75) is 38.4 Å². The first-order valence-electron chi connectivity index (χ1n) is 7.27. The minimum absolute atomic E-state index is 0.267. The number of hydrogen-bond donors (Lipinski definition) is 1. The standard InChI is InChI=1S/C14H30O4S/c1-3-4-7-16-8-9-17-10-11-18-12-13-19-14(2)5-6-15/h14-15H,3-13H2,1-2H3. The van der Waals surface area contributed by atoms with E-state index in [9.17, 15) is 0 Å². The molecule has 0 spiro atoms. The highest BCUT2D eigenvalue weighted by Crippen LogP contribution is 2.12. The molecule has 0 aliphatic heterocycles. The van der Waals surface area contributed by atoms with Crippen molar-refractivity contribution in [2.24, 2.45) is 0 Å². The maximum Gasteiger partial charge on any atom is 0.0701 e. The van der Waals surface area contributed by atoms with E-state index in [0.717, 1.165) is 31.8 Å². The third kappa shape index (κ3) is 16.1. The van der Waals surface area contributed by atoms with Gasteiger partial charge >= 0.3 is 0 Å². The molecule has 0 aliphatic carbocycles. The van der Waals surface area contributed by atoms with Gasteiger partial charge in [-0.2, -0.15) is 11.8 Å². The molecular weight excluding hydrogens is 264 g/mol. The van der Waals surface area contributed by atoms with Gasteiger partial charge in [0, 0.05) is 24.2 Å². The first-order valence-corrected chi connectivity index (χ1v) is 8.31. The summed E-state index contributed by atoms with van der Waals surface area (Å²) in [6.45, 7) is 8.73. The van der Waals surface area contributed by atoms with E-state index in [1.165, 1.54) is 6.42 Å². The third-order valence-corrected chi connectivity index (χ3v) is 3.76. The molecule has 0 saturated carbocycles. The monoisotopic (exact) mass is 294 g/mol. The van der Waals surface area contributed by atoms with Crippen LogP contribution < -0.4 is 0 Å². The zero-order chi connectivity index (χ0) is 14.2. The van der Waals surface area contributed by atoms with Gasteiger partial charge in [-0.05, 0) is 12.8 Å². The van der Waals surface area contributed by atoms with Crippen LogP contribution in [0, 0.1) is 0 Å². The lowest BCUT2D eigenvalue weighted by Crippen LogP contribution is -2.11. The van der Waals surface area contributed by atoms with Gasteiger partial charge in [0.25, 0.3) is 0 Å². The molecule has 0 aromatic carbocycles. The van der Waals surface area contributed by atoms with Crippen LogP contribution in [0.1, 0.15) is 33.1 Å². The molecule has 0 rings (SSSR count). The summed E-state index contributed by atoms with van der Waals surface area (Å²) in [6.07, 6.45) is 3.14. The fourth-order valence-electron chi connectivity index (χ4n) is 1.36. The maximum absolute atomic E-state index is 8.76. The molecule has 1 N–H and O–H groups in total. The molecule has 1 atom stereocenters. The Bertz CT molecular complexity index is 170. The minimum atomic E-state index is 0.267. The molecule has 0 bridgehead atoms. The molecule has 0 fully saturated rings. The topological polar surface area (TPSA) is 47.9 Å². The van der Waals surface area contributed by atoms with Crippen LogP contribution in [0.5, 0.6) is 0 Å². The van der Waals surface area contributed by atoms with Crippen molar-refractivity contribution in [3.63, 3.8) is 0 Å². The van der Waals surface area contributed by atoms with Crippen molar-refractivity contribution in [3.05, 3.63) is 0 Å². The Morgan fingerprint density at radius 2 is 1.53 bits per heavy atom. The Morgan fingerprint density at radius 3 is 2.11 bits per heavy atom. The Morgan fingerprint density at radius 1 is 0.947 bits per heavy atom. The molecule has 0 aromatic rings. The van der Waals surface area contributed by atoms with Crippen LogP contribution in [0.15, 0.2) is 0 Å². The highest BCUT2D eigenvalue weighted by Gasteiger charge is 2.00. The highest BCUT2D eigenvalue weighted by atomic mass is 32.2.